The topological polar surface area (TPSA) is 55.2 Å². The van der Waals surface area contributed by atoms with Crippen molar-refractivity contribution in [3.8, 4) is 0 Å². The fraction of sp³-hybridized carbons (Fsp3) is 0.455. The molecule has 0 saturated carbocycles. The predicted octanol–water partition coefficient (Wildman–Crippen LogP) is 3.33. The van der Waals surface area contributed by atoms with Gasteiger partial charge in [-0.25, -0.2) is 4.39 Å². The third kappa shape index (κ3) is 2.92. The first-order valence-corrected chi connectivity index (χ1v) is 5.29. The van der Waals surface area contributed by atoms with E-state index in [1.807, 2.05) is 13.8 Å². The number of hydrogen-bond donors (Lipinski definition) is 1. The lowest BCUT2D eigenvalue weighted by atomic mass is 10.1. The molecule has 0 aliphatic heterocycles. The van der Waals surface area contributed by atoms with Crippen molar-refractivity contribution in [2.45, 2.75) is 32.7 Å². The number of non-ortho nitro benzene ring substituents is 1. The molecule has 0 saturated heterocycles. The number of nitrogens with zero attached hydrogens (tertiary/aromatic N) is 1. The van der Waals surface area contributed by atoms with Crippen molar-refractivity contribution in [3.05, 3.63) is 34.1 Å². The zero-order valence-corrected chi connectivity index (χ0v) is 9.37. The first-order chi connectivity index (χ1) is 7.58. The van der Waals surface area contributed by atoms with Crippen LogP contribution in [0.25, 0.3) is 0 Å². The van der Waals surface area contributed by atoms with Gasteiger partial charge in [0.25, 0.3) is 5.69 Å². The largest absolute Gasteiger partial charge is 0.380 e. The van der Waals surface area contributed by atoms with Crippen LogP contribution in [0.3, 0.4) is 0 Å². The van der Waals surface area contributed by atoms with E-state index in [0.717, 1.165) is 25.0 Å². The lowest BCUT2D eigenvalue weighted by molar-refractivity contribution is -0.384. The molecular formula is C11H15FN2O2. The van der Waals surface area contributed by atoms with Crippen LogP contribution in [0, 0.1) is 15.9 Å². The third-order valence-corrected chi connectivity index (χ3v) is 2.51. The summed E-state index contributed by atoms with van der Waals surface area (Å²) in [5, 5.41) is 13.5. The van der Waals surface area contributed by atoms with Gasteiger partial charge in [0.1, 0.15) is 5.82 Å². The molecule has 1 aromatic rings. The van der Waals surface area contributed by atoms with E-state index in [4.69, 9.17) is 0 Å². The van der Waals surface area contributed by atoms with E-state index < -0.39 is 10.7 Å². The second-order valence-corrected chi connectivity index (χ2v) is 3.58. The lowest BCUT2D eigenvalue weighted by Gasteiger charge is -2.16. The summed E-state index contributed by atoms with van der Waals surface area (Å²) in [6.45, 7) is 3.97. The first kappa shape index (κ1) is 12.4. The van der Waals surface area contributed by atoms with Crippen molar-refractivity contribution in [3.63, 3.8) is 0 Å². The molecule has 0 radical (unpaired) electrons. The van der Waals surface area contributed by atoms with E-state index in [1.54, 1.807) is 0 Å². The summed E-state index contributed by atoms with van der Waals surface area (Å²) in [4.78, 5) is 10.0. The highest BCUT2D eigenvalue weighted by molar-refractivity contribution is 5.52. The van der Waals surface area contributed by atoms with Crippen molar-refractivity contribution in [1.82, 2.24) is 0 Å². The average Bonchev–Trinajstić information content (AvgIpc) is 2.27. The van der Waals surface area contributed by atoms with Crippen LogP contribution in [0.4, 0.5) is 15.8 Å². The summed E-state index contributed by atoms with van der Waals surface area (Å²) < 4.78 is 13.4. The van der Waals surface area contributed by atoms with E-state index in [-0.39, 0.29) is 17.4 Å². The standard InChI is InChI=1S/C11H15FN2O2/c1-3-8(4-2)13-11-7-9(14(15)16)5-6-10(11)12/h5-8,13H,3-4H2,1-2H3. The van der Waals surface area contributed by atoms with E-state index >= 15 is 0 Å². The zero-order valence-electron chi connectivity index (χ0n) is 9.37. The molecule has 0 heterocycles. The molecule has 1 rings (SSSR count). The second-order valence-electron chi connectivity index (χ2n) is 3.58. The van der Waals surface area contributed by atoms with Gasteiger partial charge >= 0.3 is 0 Å². The number of halogens is 1. The molecule has 1 N–H and O–H groups in total. The number of hydrogen-bond acceptors (Lipinski definition) is 3. The third-order valence-electron chi connectivity index (χ3n) is 2.51. The maximum absolute atomic E-state index is 13.4. The average molecular weight is 226 g/mol. The number of nitro benzene ring substituents is 1. The molecule has 0 spiro atoms. The molecule has 0 aliphatic carbocycles. The quantitative estimate of drug-likeness (QED) is 0.618. The molecule has 88 valence electrons. The second kappa shape index (κ2) is 5.44. The van der Waals surface area contributed by atoms with Gasteiger partial charge < -0.3 is 5.32 Å². The molecule has 16 heavy (non-hydrogen) atoms. The number of benzene rings is 1. The molecule has 0 aromatic heterocycles. The Morgan fingerprint density at radius 1 is 1.44 bits per heavy atom. The van der Waals surface area contributed by atoms with Gasteiger partial charge in [0.05, 0.1) is 10.6 Å². The Hall–Kier alpha value is -1.65. The molecule has 0 atom stereocenters. The SMILES string of the molecule is CCC(CC)Nc1cc([N+](=O)[O-])ccc1F. The van der Waals surface area contributed by atoms with Crippen molar-refractivity contribution in [1.29, 1.82) is 0 Å². The number of anilines is 1. The van der Waals surface area contributed by atoms with Crippen molar-refractivity contribution < 1.29 is 9.31 Å². The van der Waals surface area contributed by atoms with Crippen LogP contribution in [0.5, 0.6) is 0 Å². The highest BCUT2D eigenvalue weighted by Crippen LogP contribution is 2.22. The van der Waals surface area contributed by atoms with Crippen LogP contribution in [-0.2, 0) is 0 Å². The smallest absolute Gasteiger partial charge is 0.271 e. The summed E-state index contributed by atoms with van der Waals surface area (Å²) in [5.74, 6) is -0.461. The minimum atomic E-state index is -0.530. The fourth-order valence-electron chi connectivity index (χ4n) is 1.45. The van der Waals surface area contributed by atoms with E-state index in [0.29, 0.717) is 0 Å². The summed E-state index contributed by atoms with van der Waals surface area (Å²) in [7, 11) is 0. The van der Waals surface area contributed by atoms with Crippen LogP contribution in [0.1, 0.15) is 26.7 Å². The highest BCUT2D eigenvalue weighted by atomic mass is 19.1. The molecule has 0 bridgehead atoms. The van der Waals surface area contributed by atoms with Crippen LogP contribution in [0.2, 0.25) is 0 Å². The zero-order chi connectivity index (χ0) is 12.1. The Balaban J connectivity index is 2.93. The van der Waals surface area contributed by atoms with Crippen LogP contribution in [0.15, 0.2) is 18.2 Å². The van der Waals surface area contributed by atoms with Crippen LogP contribution >= 0.6 is 0 Å². The maximum Gasteiger partial charge on any atom is 0.271 e. The minimum absolute atomic E-state index is 0.102. The van der Waals surface area contributed by atoms with Crippen LogP contribution < -0.4 is 5.32 Å². The van der Waals surface area contributed by atoms with Crippen molar-refractivity contribution in [2.75, 3.05) is 5.32 Å². The molecule has 1 aromatic carbocycles. The summed E-state index contributed by atoms with van der Waals surface area (Å²) in [6, 6.07) is 3.64. The molecule has 0 aliphatic rings. The Kier molecular flexibility index (Phi) is 4.22. The summed E-state index contributed by atoms with van der Waals surface area (Å²) in [6.07, 6.45) is 1.69. The first-order valence-electron chi connectivity index (χ1n) is 5.29. The Morgan fingerprint density at radius 2 is 2.06 bits per heavy atom. The predicted molar refractivity (Wildman–Crippen MR) is 61.0 cm³/mol. The minimum Gasteiger partial charge on any atom is -0.380 e. The Bertz CT molecular complexity index is 378. The molecular weight excluding hydrogens is 211 g/mol. The maximum atomic E-state index is 13.4. The van der Waals surface area contributed by atoms with Gasteiger partial charge in [-0.3, -0.25) is 10.1 Å². The van der Waals surface area contributed by atoms with E-state index in [1.165, 1.54) is 6.07 Å². The number of rotatable bonds is 5. The van der Waals surface area contributed by atoms with Gasteiger partial charge in [-0.1, -0.05) is 13.8 Å². The highest BCUT2D eigenvalue weighted by Gasteiger charge is 2.12. The van der Waals surface area contributed by atoms with Gasteiger partial charge in [0.15, 0.2) is 0 Å². The van der Waals surface area contributed by atoms with Gasteiger partial charge in [-0.15, -0.1) is 0 Å². The van der Waals surface area contributed by atoms with Crippen LogP contribution in [-0.4, -0.2) is 11.0 Å². The molecule has 4 nitrogen and oxygen atoms in total. The summed E-state index contributed by atoms with van der Waals surface area (Å²) >= 11 is 0. The van der Waals surface area contributed by atoms with Gasteiger partial charge in [-0.2, -0.15) is 0 Å². The number of nitro groups is 1. The normalized spacial score (nSPS) is 10.5. The lowest BCUT2D eigenvalue weighted by Crippen LogP contribution is -2.17. The van der Waals surface area contributed by atoms with E-state index in [9.17, 15) is 14.5 Å². The molecule has 0 unspecified atom stereocenters. The van der Waals surface area contributed by atoms with Gasteiger partial charge in [0.2, 0.25) is 0 Å². The fourth-order valence-corrected chi connectivity index (χ4v) is 1.45. The summed E-state index contributed by atoms with van der Waals surface area (Å²) in [5.41, 5.74) is 0.0951. The number of nitrogens with one attached hydrogen (secondary N) is 1. The Labute approximate surface area is 93.6 Å². The molecule has 5 heteroatoms. The van der Waals surface area contributed by atoms with Crippen molar-refractivity contribution >= 4 is 11.4 Å². The monoisotopic (exact) mass is 226 g/mol. The van der Waals surface area contributed by atoms with Gasteiger partial charge in [0, 0.05) is 18.2 Å². The Morgan fingerprint density at radius 3 is 2.56 bits per heavy atom. The van der Waals surface area contributed by atoms with Crippen molar-refractivity contribution in [2.24, 2.45) is 0 Å². The molecule has 0 amide bonds. The van der Waals surface area contributed by atoms with Gasteiger partial charge in [-0.05, 0) is 18.9 Å². The van der Waals surface area contributed by atoms with E-state index in [2.05, 4.69) is 5.32 Å². The molecule has 0 fully saturated rings.